The van der Waals surface area contributed by atoms with Crippen molar-refractivity contribution in [2.75, 3.05) is 24.7 Å². The van der Waals surface area contributed by atoms with Gasteiger partial charge in [0.2, 0.25) is 0 Å². The summed E-state index contributed by atoms with van der Waals surface area (Å²) in [7, 11) is 0. The van der Waals surface area contributed by atoms with Crippen molar-refractivity contribution >= 4 is 23.5 Å². The summed E-state index contributed by atoms with van der Waals surface area (Å²) in [4.78, 5) is 22.0. The van der Waals surface area contributed by atoms with Crippen molar-refractivity contribution in [3.05, 3.63) is 0 Å². The van der Waals surface area contributed by atoms with Crippen LogP contribution in [0.5, 0.6) is 0 Å². The van der Waals surface area contributed by atoms with Gasteiger partial charge in [-0.3, -0.25) is 9.59 Å². The Morgan fingerprint density at radius 1 is 1.65 bits per heavy atom. The van der Waals surface area contributed by atoms with Gasteiger partial charge in [-0.1, -0.05) is 0 Å². The van der Waals surface area contributed by atoms with Crippen molar-refractivity contribution in [3.8, 4) is 0 Å². The maximum absolute atomic E-state index is 11.4. The van der Waals surface area contributed by atoms with E-state index in [4.69, 9.17) is 14.9 Å². The first-order valence-corrected chi connectivity index (χ1v) is 6.72. The van der Waals surface area contributed by atoms with Gasteiger partial charge in [-0.05, 0) is 0 Å². The van der Waals surface area contributed by atoms with Crippen molar-refractivity contribution in [2.45, 2.75) is 19.4 Å². The molecule has 2 N–H and O–H groups in total. The number of hydrogen-bond acceptors (Lipinski definition) is 6. The first-order valence-electron chi connectivity index (χ1n) is 5.57. The molecule has 0 saturated heterocycles. The Balaban J connectivity index is 2.21. The van der Waals surface area contributed by atoms with Crippen molar-refractivity contribution in [3.63, 3.8) is 0 Å². The highest BCUT2D eigenvalue weighted by molar-refractivity contribution is 7.99. The van der Waals surface area contributed by atoms with Crippen LogP contribution in [0.3, 0.4) is 0 Å². The fourth-order valence-corrected chi connectivity index (χ4v) is 2.89. The van der Waals surface area contributed by atoms with E-state index in [9.17, 15) is 9.59 Å². The topological polar surface area (TPSA) is 83.8 Å². The molecule has 0 aromatic heterocycles. The van der Waals surface area contributed by atoms with Gasteiger partial charge >= 0.3 is 5.97 Å². The molecule has 5 nitrogen and oxygen atoms in total. The van der Waals surface area contributed by atoms with Gasteiger partial charge in [-0.15, -0.1) is 0 Å². The highest BCUT2D eigenvalue weighted by atomic mass is 32.2. The van der Waals surface area contributed by atoms with Gasteiger partial charge in [0.1, 0.15) is 5.78 Å². The highest BCUT2D eigenvalue weighted by Crippen LogP contribution is 2.33. The Hall–Kier alpha value is -0.590. The number of aliphatic hydroxyl groups excluding tert-OH is 2. The monoisotopic (exact) mass is 262 g/mol. The van der Waals surface area contributed by atoms with Crippen LogP contribution in [0.2, 0.25) is 0 Å². The van der Waals surface area contributed by atoms with E-state index in [2.05, 4.69) is 0 Å². The molecule has 6 heteroatoms. The zero-order valence-corrected chi connectivity index (χ0v) is 10.6. The van der Waals surface area contributed by atoms with E-state index in [0.29, 0.717) is 24.5 Å². The van der Waals surface area contributed by atoms with Gasteiger partial charge in [-0.2, -0.15) is 11.8 Å². The van der Waals surface area contributed by atoms with Gasteiger partial charge in [0.25, 0.3) is 0 Å². The summed E-state index contributed by atoms with van der Waals surface area (Å²) in [6.45, 7) is 1.39. The van der Waals surface area contributed by atoms with Crippen LogP contribution in [-0.4, -0.2) is 52.8 Å². The van der Waals surface area contributed by atoms with E-state index in [1.165, 1.54) is 18.7 Å². The molecular weight excluding hydrogens is 244 g/mol. The number of Topliss-reactive ketones (excluding diaryl/α,β-unsaturated/α-hetero) is 1. The number of ketones is 1. The van der Waals surface area contributed by atoms with E-state index in [1.807, 2.05) is 0 Å². The van der Waals surface area contributed by atoms with Gasteiger partial charge in [0, 0.05) is 36.7 Å². The van der Waals surface area contributed by atoms with Crippen LogP contribution in [0.4, 0.5) is 0 Å². The van der Waals surface area contributed by atoms with Crippen LogP contribution in [0.25, 0.3) is 0 Å². The molecule has 98 valence electrons. The van der Waals surface area contributed by atoms with Crippen molar-refractivity contribution in [1.82, 2.24) is 0 Å². The molecule has 0 spiro atoms. The fourth-order valence-electron chi connectivity index (χ4n) is 1.67. The van der Waals surface area contributed by atoms with E-state index < -0.39 is 6.10 Å². The van der Waals surface area contributed by atoms with Crippen molar-refractivity contribution in [1.29, 1.82) is 0 Å². The van der Waals surface area contributed by atoms with E-state index in [1.54, 1.807) is 0 Å². The number of carbonyl (C=O) groups excluding carboxylic acids is 2. The van der Waals surface area contributed by atoms with Crippen molar-refractivity contribution < 1.29 is 24.5 Å². The summed E-state index contributed by atoms with van der Waals surface area (Å²) in [6, 6.07) is 0. The highest BCUT2D eigenvalue weighted by Gasteiger charge is 2.39. The second-order valence-electron chi connectivity index (χ2n) is 4.21. The van der Waals surface area contributed by atoms with E-state index in [0.717, 1.165) is 0 Å². The quantitative estimate of drug-likeness (QED) is 0.620. The maximum Gasteiger partial charge on any atom is 0.302 e. The number of hydrogen-bond donors (Lipinski definition) is 2. The fraction of sp³-hybridized carbons (Fsp3) is 0.818. The molecule has 0 amide bonds. The summed E-state index contributed by atoms with van der Waals surface area (Å²) in [5, 5.41) is 17.8. The molecule has 0 radical (unpaired) electrons. The molecule has 3 atom stereocenters. The molecule has 1 fully saturated rings. The minimum absolute atomic E-state index is 0.0785. The Morgan fingerprint density at radius 2 is 2.35 bits per heavy atom. The molecule has 1 aliphatic rings. The molecule has 0 heterocycles. The lowest BCUT2D eigenvalue weighted by Crippen LogP contribution is -2.42. The minimum atomic E-state index is -0.734. The van der Waals surface area contributed by atoms with Crippen LogP contribution < -0.4 is 0 Å². The summed E-state index contributed by atoms with van der Waals surface area (Å²) in [5.74, 6) is 0.928. The molecule has 0 bridgehead atoms. The summed E-state index contributed by atoms with van der Waals surface area (Å²) in [5.41, 5.74) is 0. The third-order valence-electron chi connectivity index (χ3n) is 2.77. The molecule has 1 saturated carbocycles. The molecule has 1 rings (SSSR count). The second-order valence-corrected chi connectivity index (χ2v) is 5.29. The van der Waals surface area contributed by atoms with Gasteiger partial charge in [0.05, 0.1) is 19.3 Å². The number of carbonyl (C=O) groups is 2. The Kier molecular flexibility index (Phi) is 5.94. The lowest BCUT2D eigenvalue weighted by Gasteiger charge is -2.34. The van der Waals surface area contributed by atoms with E-state index >= 15 is 0 Å². The molecule has 1 unspecified atom stereocenters. The lowest BCUT2D eigenvalue weighted by molar-refractivity contribution is -0.148. The standard InChI is InChI=1S/C11H18O5S/c1-7(13)16-4-8-2-11(15)10(8)6-17-5-9(14)3-12/h8-10,12,14H,2-6H2,1H3/t8-,9?,10-/m1/s1. The van der Waals surface area contributed by atoms with Crippen LogP contribution in [0, 0.1) is 11.8 Å². The molecule has 0 aliphatic heterocycles. The Bertz CT molecular complexity index is 281. The molecule has 17 heavy (non-hydrogen) atoms. The smallest absolute Gasteiger partial charge is 0.302 e. The number of thioether (sulfide) groups is 1. The molecule has 0 aromatic rings. The molecular formula is C11H18O5S. The minimum Gasteiger partial charge on any atom is -0.466 e. The first kappa shape index (κ1) is 14.5. The summed E-state index contributed by atoms with van der Waals surface area (Å²) in [6.07, 6.45) is -0.261. The Morgan fingerprint density at radius 3 is 2.88 bits per heavy atom. The average Bonchev–Trinajstić information content (AvgIpc) is 2.28. The zero-order chi connectivity index (χ0) is 12.8. The first-order chi connectivity index (χ1) is 8.04. The van der Waals surface area contributed by atoms with Crippen molar-refractivity contribution in [2.24, 2.45) is 11.8 Å². The lowest BCUT2D eigenvalue weighted by atomic mass is 9.74. The van der Waals surface area contributed by atoms with Crippen LogP contribution >= 0.6 is 11.8 Å². The summed E-state index contributed by atoms with van der Waals surface area (Å²) < 4.78 is 4.88. The zero-order valence-electron chi connectivity index (χ0n) is 9.80. The van der Waals surface area contributed by atoms with E-state index in [-0.39, 0.29) is 30.2 Å². The SMILES string of the molecule is CC(=O)OC[C@H]1CC(=O)[C@@H]1CSCC(O)CO. The predicted molar refractivity (Wildman–Crippen MR) is 63.7 cm³/mol. The van der Waals surface area contributed by atoms with Crippen LogP contribution in [0.15, 0.2) is 0 Å². The number of rotatable bonds is 7. The molecule has 1 aliphatic carbocycles. The number of esters is 1. The van der Waals surface area contributed by atoms with Gasteiger partial charge in [-0.25, -0.2) is 0 Å². The van der Waals surface area contributed by atoms with Crippen LogP contribution in [-0.2, 0) is 14.3 Å². The molecule has 0 aromatic carbocycles. The third-order valence-corrected chi connectivity index (χ3v) is 3.98. The number of aliphatic hydroxyl groups is 2. The second kappa shape index (κ2) is 6.98. The average molecular weight is 262 g/mol. The largest absolute Gasteiger partial charge is 0.466 e. The maximum atomic E-state index is 11.4. The number of ether oxygens (including phenoxy) is 1. The van der Waals surface area contributed by atoms with Crippen LogP contribution in [0.1, 0.15) is 13.3 Å². The summed E-state index contributed by atoms with van der Waals surface area (Å²) >= 11 is 1.44. The Labute approximate surface area is 105 Å². The van der Waals surface area contributed by atoms with Gasteiger partial charge < -0.3 is 14.9 Å². The third kappa shape index (κ3) is 4.65. The predicted octanol–water partition coefficient (Wildman–Crippen LogP) is -0.159. The normalized spacial score (nSPS) is 25.2. The van der Waals surface area contributed by atoms with Gasteiger partial charge in [0.15, 0.2) is 0 Å².